The van der Waals surface area contributed by atoms with Gasteiger partial charge in [0.1, 0.15) is 0 Å². The summed E-state index contributed by atoms with van der Waals surface area (Å²) in [4.78, 5) is 0. The van der Waals surface area contributed by atoms with Crippen molar-refractivity contribution in [2.24, 2.45) is 5.92 Å². The molecule has 3 N–H and O–H groups in total. The molecular formula is C14H20F3NO2. The van der Waals surface area contributed by atoms with Gasteiger partial charge in [0.25, 0.3) is 0 Å². The van der Waals surface area contributed by atoms with E-state index in [9.17, 15) is 23.4 Å². The van der Waals surface area contributed by atoms with Crippen LogP contribution in [0.5, 0.6) is 0 Å². The lowest BCUT2D eigenvalue weighted by Crippen LogP contribution is -2.33. The van der Waals surface area contributed by atoms with E-state index < -0.39 is 23.9 Å². The lowest BCUT2D eigenvalue weighted by Gasteiger charge is -2.18. The zero-order valence-electron chi connectivity index (χ0n) is 11.5. The van der Waals surface area contributed by atoms with Crippen molar-refractivity contribution in [1.82, 2.24) is 5.32 Å². The monoisotopic (exact) mass is 291 g/mol. The summed E-state index contributed by atoms with van der Waals surface area (Å²) >= 11 is 0. The summed E-state index contributed by atoms with van der Waals surface area (Å²) in [5, 5.41) is 22.3. The molecule has 20 heavy (non-hydrogen) atoms. The summed E-state index contributed by atoms with van der Waals surface area (Å²) in [6.45, 7) is 4.09. The van der Waals surface area contributed by atoms with Crippen molar-refractivity contribution in [2.45, 2.75) is 32.2 Å². The molecule has 0 fully saturated rings. The summed E-state index contributed by atoms with van der Waals surface area (Å²) in [6.07, 6.45) is -6.02. The average molecular weight is 291 g/mol. The van der Waals surface area contributed by atoms with E-state index >= 15 is 0 Å². The predicted octanol–water partition coefficient (Wildman–Crippen LogP) is 2.35. The third kappa shape index (κ3) is 5.11. The van der Waals surface area contributed by atoms with Gasteiger partial charge in [-0.25, -0.2) is 0 Å². The second kappa shape index (κ2) is 7.06. The molecule has 0 aromatic heterocycles. The zero-order chi connectivity index (χ0) is 15.3. The Hall–Kier alpha value is -1.11. The van der Waals surface area contributed by atoms with E-state index in [-0.39, 0.29) is 24.6 Å². The van der Waals surface area contributed by atoms with Gasteiger partial charge in [-0.15, -0.1) is 0 Å². The Balaban J connectivity index is 2.58. The largest absolute Gasteiger partial charge is 0.416 e. The average Bonchev–Trinajstić information content (AvgIpc) is 2.37. The van der Waals surface area contributed by atoms with Gasteiger partial charge in [-0.3, -0.25) is 0 Å². The number of aliphatic hydroxyl groups is 2. The molecule has 0 heterocycles. The van der Waals surface area contributed by atoms with Crippen LogP contribution in [0.4, 0.5) is 13.2 Å². The Labute approximate surface area is 116 Å². The zero-order valence-corrected chi connectivity index (χ0v) is 11.5. The number of nitrogens with one attached hydrogen (secondary N) is 1. The van der Waals surface area contributed by atoms with Crippen molar-refractivity contribution in [3.8, 4) is 0 Å². The standard InChI is InChI=1S/C14H20F3NO2/c1-9(2)12(19)7-18-8-13(20)10-4-3-5-11(6-10)14(15,16)17/h3-6,9,12-13,18-20H,7-8H2,1-2H3. The molecular weight excluding hydrogens is 271 g/mol. The first-order valence-electron chi connectivity index (χ1n) is 6.46. The van der Waals surface area contributed by atoms with E-state index in [2.05, 4.69) is 5.32 Å². The first-order valence-corrected chi connectivity index (χ1v) is 6.46. The number of hydrogen-bond donors (Lipinski definition) is 3. The lowest BCUT2D eigenvalue weighted by atomic mass is 10.0. The molecule has 1 aromatic carbocycles. The molecule has 0 aliphatic heterocycles. The fourth-order valence-corrected chi connectivity index (χ4v) is 1.64. The van der Waals surface area contributed by atoms with Crippen LogP contribution in [0.1, 0.15) is 31.1 Å². The van der Waals surface area contributed by atoms with Gasteiger partial charge >= 0.3 is 6.18 Å². The van der Waals surface area contributed by atoms with Crippen molar-refractivity contribution in [2.75, 3.05) is 13.1 Å². The van der Waals surface area contributed by atoms with Crippen LogP contribution < -0.4 is 5.32 Å². The quantitative estimate of drug-likeness (QED) is 0.754. The molecule has 0 spiro atoms. The van der Waals surface area contributed by atoms with Crippen molar-refractivity contribution in [3.05, 3.63) is 35.4 Å². The van der Waals surface area contributed by atoms with Gasteiger partial charge in [0.2, 0.25) is 0 Å². The van der Waals surface area contributed by atoms with E-state index in [1.54, 1.807) is 0 Å². The van der Waals surface area contributed by atoms with Crippen LogP contribution in [-0.4, -0.2) is 29.4 Å². The highest BCUT2D eigenvalue weighted by atomic mass is 19.4. The Morgan fingerprint density at radius 1 is 1.15 bits per heavy atom. The maximum absolute atomic E-state index is 12.5. The van der Waals surface area contributed by atoms with Crippen LogP contribution in [0.2, 0.25) is 0 Å². The third-order valence-electron chi connectivity index (χ3n) is 3.06. The summed E-state index contributed by atoms with van der Waals surface area (Å²) in [7, 11) is 0. The molecule has 0 aliphatic carbocycles. The van der Waals surface area contributed by atoms with Crippen LogP contribution in [-0.2, 0) is 6.18 Å². The fraction of sp³-hybridized carbons (Fsp3) is 0.571. The topological polar surface area (TPSA) is 52.5 Å². The normalized spacial score (nSPS) is 15.4. The Bertz CT molecular complexity index is 421. The summed E-state index contributed by atoms with van der Waals surface area (Å²) in [5.74, 6) is 0.0770. The van der Waals surface area contributed by atoms with Gasteiger partial charge < -0.3 is 15.5 Å². The van der Waals surface area contributed by atoms with Crippen LogP contribution in [0, 0.1) is 5.92 Å². The van der Waals surface area contributed by atoms with E-state index in [0.29, 0.717) is 0 Å². The van der Waals surface area contributed by atoms with E-state index in [1.807, 2.05) is 13.8 Å². The van der Waals surface area contributed by atoms with Crippen molar-refractivity contribution in [1.29, 1.82) is 0 Å². The van der Waals surface area contributed by atoms with Crippen molar-refractivity contribution in [3.63, 3.8) is 0 Å². The number of rotatable bonds is 6. The highest BCUT2D eigenvalue weighted by Gasteiger charge is 2.30. The minimum Gasteiger partial charge on any atom is -0.392 e. The van der Waals surface area contributed by atoms with Gasteiger partial charge in [0, 0.05) is 13.1 Å². The van der Waals surface area contributed by atoms with Gasteiger partial charge in [-0.1, -0.05) is 26.0 Å². The lowest BCUT2D eigenvalue weighted by molar-refractivity contribution is -0.137. The van der Waals surface area contributed by atoms with Crippen LogP contribution in [0.25, 0.3) is 0 Å². The molecule has 1 aromatic rings. The van der Waals surface area contributed by atoms with Crippen molar-refractivity contribution >= 4 is 0 Å². The summed E-state index contributed by atoms with van der Waals surface area (Å²) in [5.41, 5.74) is -0.581. The van der Waals surface area contributed by atoms with E-state index in [4.69, 9.17) is 0 Å². The molecule has 0 saturated heterocycles. The molecule has 0 radical (unpaired) electrons. The Kier molecular flexibility index (Phi) is 5.98. The molecule has 0 saturated carbocycles. The van der Waals surface area contributed by atoms with Gasteiger partial charge in [-0.2, -0.15) is 13.2 Å². The first-order chi connectivity index (χ1) is 9.21. The maximum Gasteiger partial charge on any atom is 0.416 e. The van der Waals surface area contributed by atoms with Gasteiger partial charge in [0.15, 0.2) is 0 Å². The minimum absolute atomic E-state index is 0.0770. The molecule has 1 rings (SSSR count). The van der Waals surface area contributed by atoms with E-state index in [0.717, 1.165) is 12.1 Å². The third-order valence-corrected chi connectivity index (χ3v) is 3.06. The molecule has 2 unspecified atom stereocenters. The molecule has 6 heteroatoms. The Morgan fingerprint density at radius 2 is 1.80 bits per heavy atom. The fourth-order valence-electron chi connectivity index (χ4n) is 1.64. The van der Waals surface area contributed by atoms with Crippen LogP contribution in [0.15, 0.2) is 24.3 Å². The van der Waals surface area contributed by atoms with Gasteiger partial charge in [-0.05, 0) is 23.6 Å². The number of aliphatic hydroxyl groups excluding tert-OH is 2. The number of hydrogen-bond acceptors (Lipinski definition) is 3. The number of halogens is 3. The molecule has 0 bridgehead atoms. The second-order valence-corrected chi connectivity index (χ2v) is 5.11. The molecule has 2 atom stereocenters. The summed E-state index contributed by atoms with van der Waals surface area (Å²) < 4.78 is 37.6. The molecule has 0 amide bonds. The SMILES string of the molecule is CC(C)C(O)CNCC(O)c1cccc(C(F)(F)F)c1. The van der Waals surface area contributed by atoms with Crippen molar-refractivity contribution < 1.29 is 23.4 Å². The number of benzene rings is 1. The molecule has 0 aliphatic rings. The summed E-state index contributed by atoms with van der Waals surface area (Å²) in [6, 6.07) is 4.61. The van der Waals surface area contributed by atoms with Gasteiger partial charge in [0.05, 0.1) is 17.8 Å². The molecule has 114 valence electrons. The highest BCUT2D eigenvalue weighted by Crippen LogP contribution is 2.30. The first kappa shape index (κ1) is 16.9. The predicted molar refractivity (Wildman–Crippen MR) is 70.1 cm³/mol. The van der Waals surface area contributed by atoms with Crippen LogP contribution in [0.3, 0.4) is 0 Å². The number of alkyl halides is 3. The second-order valence-electron chi connectivity index (χ2n) is 5.11. The highest BCUT2D eigenvalue weighted by molar-refractivity contribution is 5.27. The van der Waals surface area contributed by atoms with E-state index in [1.165, 1.54) is 12.1 Å². The Morgan fingerprint density at radius 3 is 2.35 bits per heavy atom. The van der Waals surface area contributed by atoms with Crippen LogP contribution >= 0.6 is 0 Å². The maximum atomic E-state index is 12.5. The molecule has 3 nitrogen and oxygen atoms in total. The minimum atomic E-state index is -4.42. The smallest absolute Gasteiger partial charge is 0.392 e.